The molecule has 0 spiro atoms. The smallest absolute Gasteiger partial charge is 0.160 e. The van der Waals surface area contributed by atoms with E-state index in [1.807, 2.05) is 24.3 Å². The summed E-state index contributed by atoms with van der Waals surface area (Å²) >= 11 is 0. The number of nitrogens with zero attached hydrogens (tertiary/aromatic N) is 2. The first-order valence-corrected chi connectivity index (χ1v) is 16.9. The van der Waals surface area contributed by atoms with E-state index in [9.17, 15) is 0 Å². The molecule has 0 N–H and O–H groups in total. The van der Waals surface area contributed by atoms with Crippen molar-refractivity contribution >= 4 is 10.8 Å². The zero-order valence-electron chi connectivity index (χ0n) is 27.6. The first-order chi connectivity index (χ1) is 24.1. The van der Waals surface area contributed by atoms with Gasteiger partial charge in [-0.3, -0.25) is 0 Å². The van der Waals surface area contributed by atoms with Crippen LogP contribution in [0.5, 0.6) is 0 Å². The topological polar surface area (TPSA) is 25.8 Å². The van der Waals surface area contributed by atoms with E-state index in [0.717, 1.165) is 33.9 Å². The molecule has 2 nitrogen and oxygen atoms in total. The Morgan fingerprint density at radius 1 is 0.367 bits per heavy atom. The van der Waals surface area contributed by atoms with Crippen molar-refractivity contribution in [1.29, 1.82) is 0 Å². The van der Waals surface area contributed by atoms with Crippen LogP contribution in [0.15, 0.2) is 170 Å². The van der Waals surface area contributed by atoms with Crippen molar-refractivity contribution in [2.24, 2.45) is 0 Å². The van der Waals surface area contributed by atoms with Crippen LogP contribution < -0.4 is 0 Å². The van der Waals surface area contributed by atoms with Gasteiger partial charge in [0.25, 0.3) is 0 Å². The molecule has 0 saturated carbocycles. The third-order valence-electron chi connectivity index (χ3n) is 10.1. The number of rotatable bonds is 5. The normalized spacial score (nSPS) is 12.9. The van der Waals surface area contributed by atoms with Gasteiger partial charge in [0.15, 0.2) is 5.82 Å². The molecule has 1 aliphatic rings. The highest BCUT2D eigenvalue weighted by molar-refractivity contribution is 6.05. The fourth-order valence-electron chi connectivity index (χ4n) is 7.66. The van der Waals surface area contributed by atoms with Crippen LogP contribution in [0.25, 0.3) is 78.1 Å². The lowest BCUT2D eigenvalue weighted by atomic mass is 9.82. The molecule has 0 amide bonds. The van der Waals surface area contributed by atoms with Crippen LogP contribution in [0.4, 0.5) is 0 Å². The van der Waals surface area contributed by atoms with Gasteiger partial charge in [-0.05, 0) is 61.3 Å². The van der Waals surface area contributed by atoms with Gasteiger partial charge in [-0.2, -0.15) is 0 Å². The summed E-state index contributed by atoms with van der Waals surface area (Å²) in [7, 11) is 0. The number of fused-ring (bicyclic) bond motifs is 4. The van der Waals surface area contributed by atoms with Gasteiger partial charge in [-0.15, -0.1) is 0 Å². The summed E-state index contributed by atoms with van der Waals surface area (Å²) in [5.41, 5.74) is 15.4. The molecule has 0 fully saturated rings. The van der Waals surface area contributed by atoms with E-state index in [1.54, 1.807) is 0 Å². The zero-order valence-corrected chi connectivity index (χ0v) is 27.6. The minimum Gasteiger partial charge on any atom is -0.228 e. The van der Waals surface area contributed by atoms with E-state index in [4.69, 9.17) is 9.97 Å². The van der Waals surface area contributed by atoms with Gasteiger partial charge in [0.2, 0.25) is 0 Å². The van der Waals surface area contributed by atoms with Crippen molar-refractivity contribution in [3.63, 3.8) is 0 Å². The second kappa shape index (κ2) is 11.5. The predicted octanol–water partition coefficient (Wildman–Crippen LogP) is 12.3. The van der Waals surface area contributed by atoms with Crippen molar-refractivity contribution in [1.82, 2.24) is 9.97 Å². The summed E-state index contributed by atoms with van der Waals surface area (Å²) in [6, 6.07) is 60.6. The summed E-state index contributed by atoms with van der Waals surface area (Å²) in [5, 5.41) is 2.37. The van der Waals surface area contributed by atoms with E-state index < -0.39 is 0 Å². The van der Waals surface area contributed by atoms with Crippen molar-refractivity contribution in [2.75, 3.05) is 0 Å². The Morgan fingerprint density at radius 2 is 0.898 bits per heavy atom. The van der Waals surface area contributed by atoms with Gasteiger partial charge >= 0.3 is 0 Å². The minimum absolute atomic E-state index is 0.0179. The zero-order chi connectivity index (χ0) is 33.0. The molecular formula is C47H34N2. The third kappa shape index (κ3) is 4.88. The first kappa shape index (κ1) is 29.1. The highest BCUT2D eigenvalue weighted by atomic mass is 14.9. The summed E-state index contributed by atoms with van der Waals surface area (Å²) < 4.78 is 0. The maximum Gasteiger partial charge on any atom is 0.160 e. The molecule has 0 aliphatic heterocycles. The molecule has 49 heavy (non-hydrogen) atoms. The molecule has 7 aromatic carbocycles. The molecular weight excluding hydrogens is 593 g/mol. The van der Waals surface area contributed by atoms with E-state index >= 15 is 0 Å². The second-order valence-corrected chi connectivity index (χ2v) is 13.4. The third-order valence-corrected chi connectivity index (χ3v) is 10.1. The van der Waals surface area contributed by atoms with Crippen LogP contribution in [-0.4, -0.2) is 9.97 Å². The molecule has 0 saturated heterocycles. The Bertz CT molecular complexity index is 2440. The van der Waals surface area contributed by atoms with Crippen molar-refractivity contribution < 1.29 is 0 Å². The Morgan fingerprint density at radius 3 is 1.63 bits per heavy atom. The van der Waals surface area contributed by atoms with E-state index in [2.05, 4.69) is 159 Å². The number of benzene rings is 7. The molecule has 1 aliphatic carbocycles. The van der Waals surface area contributed by atoms with Crippen molar-refractivity contribution in [3.05, 3.63) is 181 Å². The van der Waals surface area contributed by atoms with Crippen molar-refractivity contribution in [3.8, 4) is 67.3 Å². The van der Waals surface area contributed by atoms with Crippen molar-refractivity contribution in [2.45, 2.75) is 19.3 Å². The lowest BCUT2D eigenvalue weighted by Gasteiger charge is -2.21. The number of aromatic nitrogens is 2. The molecule has 8 aromatic rings. The first-order valence-electron chi connectivity index (χ1n) is 16.9. The average Bonchev–Trinajstić information content (AvgIpc) is 3.41. The van der Waals surface area contributed by atoms with Gasteiger partial charge in [-0.1, -0.05) is 178 Å². The molecule has 1 heterocycles. The van der Waals surface area contributed by atoms with Crippen LogP contribution in [0.2, 0.25) is 0 Å². The van der Waals surface area contributed by atoms with Gasteiger partial charge in [-0.25, -0.2) is 9.97 Å². The fourth-order valence-corrected chi connectivity index (χ4v) is 7.66. The Kier molecular flexibility index (Phi) is 6.84. The number of hydrogen-bond donors (Lipinski definition) is 0. The molecule has 1 aromatic heterocycles. The fraction of sp³-hybridized carbons (Fsp3) is 0.0638. The lowest BCUT2D eigenvalue weighted by Crippen LogP contribution is -2.14. The summed E-state index contributed by atoms with van der Waals surface area (Å²) in [6.07, 6.45) is 0. The molecule has 232 valence electrons. The SMILES string of the molecule is CC1(C)c2ccccc2-c2c(-c3ccc(-c4ccc(-c5cc(-c6ccccc6)nc(-c6ccccc6)n5)c5ccccc45)cc3)cccc21. The summed E-state index contributed by atoms with van der Waals surface area (Å²) in [5.74, 6) is 0.721. The van der Waals surface area contributed by atoms with Crippen LogP contribution in [0.1, 0.15) is 25.0 Å². The molecule has 2 heteroatoms. The van der Waals surface area contributed by atoms with Crippen LogP contribution in [0, 0.1) is 0 Å². The predicted molar refractivity (Wildman–Crippen MR) is 204 cm³/mol. The van der Waals surface area contributed by atoms with Gasteiger partial charge in [0.1, 0.15) is 0 Å². The van der Waals surface area contributed by atoms with E-state index in [0.29, 0.717) is 0 Å². The standard InChI is InChI=1S/C47H34N2/c1-47(2)41-22-12-11-20-40(41)45-36(21-13-23-42(45)47)32-26-24-31(25-27-32)35-28-29-39(38-19-10-9-18-37(35)38)44-30-43(33-14-5-3-6-15-33)48-46(49-44)34-16-7-4-8-17-34/h3-30H,1-2H3. The molecule has 9 rings (SSSR count). The summed E-state index contributed by atoms with van der Waals surface area (Å²) in [6.45, 7) is 4.68. The number of hydrogen-bond acceptors (Lipinski definition) is 2. The Balaban J connectivity index is 1.15. The minimum atomic E-state index is -0.0179. The van der Waals surface area contributed by atoms with Crippen LogP contribution >= 0.6 is 0 Å². The lowest BCUT2D eigenvalue weighted by molar-refractivity contribution is 0.660. The Hall–Kier alpha value is -6.12. The molecule has 0 atom stereocenters. The highest BCUT2D eigenvalue weighted by Crippen LogP contribution is 2.52. The largest absolute Gasteiger partial charge is 0.228 e. The molecule has 0 unspecified atom stereocenters. The Labute approximate surface area is 287 Å². The summed E-state index contributed by atoms with van der Waals surface area (Å²) in [4.78, 5) is 10.1. The van der Waals surface area contributed by atoms with Gasteiger partial charge in [0, 0.05) is 22.1 Å². The maximum absolute atomic E-state index is 5.14. The maximum atomic E-state index is 5.14. The van der Waals surface area contributed by atoms with E-state index in [-0.39, 0.29) is 5.41 Å². The van der Waals surface area contributed by atoms with E-state index in [1.165, 1.54) is 55.3 Å². The second-order valence-electron chi connectivity index (χ2n) is 13.4. The quantitative estimate of drug-likeness (QED) is 0.190. The molecule has 0 radical (unpaired) electrons. The van der Waals surface area contributed by atoms with Crippen LogP contribution in [-0.2, 0) is 5.41 Å². The van der Waals surface area contributed by atoms with Crippen LogP contribution in [0.3, 0.4) is 0 Å². The van der Waals surface area contributed by atoms with Gasteiger partial charge in [0.05, 0.1) is 11.4 Å². The van der Waals surface area contributed by atoms with Gasteiger partial charge < -0.3 is 0 Å². The highest BCUT2D eigenvalue weighted by Gasteiger charge is 2.36. The average molecular weight is 627 g/mol. The monoisotopic (exact) mass is 626 g/mol. The molecule has 0 bridgehead atoms.